The van der Waals surface area contributed by atoms with E-state index in [1.165, 1.54) is 0 Å². The Morgan fingerprint density at radius 2 is 1.91 bits per heavy atom. The fourth-order valence-corrected chi connectivity index (χ4v) is 5.94. The molecule has 11 nitrogen and oxygen atoms in total. The number of nitrogen functional groups attached to an aromatic ring is 1. The third-order valence-electron chi connectivity index (χ3n) is 6.89. The number of hydrogen-bond acceptors (Lipinski definition) is 10. The van der Waals surface area contributed by atoms with Crippen molar-refractivity contribution in [3.8, 4) is 23.0 Å². The standard InChI is InChI=1S/C23H30N8O3S/c1-3-35(32,33)30-18-9-8-16-12-31(13-17(16)18)19-11-26-21(24)20(27-19)23-29-28-22(34-23)15-6-4-14(5-7-15)10-25-2/h4-7,11,16-18,25,30H,3,8-10,12-13H2,1-2H3,(H2,24,26)/t16?,17-,18?/m0/s1. The summed E-state index contributed by atoms with van der Waals surface area (Å²) in [5.41, 5.74) is 8.41. The smallest absolute Gasteiger partial charge is 0.270 e. The number of fused-ring (bicyclic) bond motifs is 1. The minimum Gasteiger partial charge on any atom is -0.414 e. The van der Waals surface area contributed by atoms with Crippen molar-refractivity contribution < 1.29 is 12.8 Å². The Morgan fingerprint density at radius 1 is 1.14 bits per heavy atom. The van der Waals surface area contributed by atoms with Gasteiger partial charge >= 0.3 is 0 Å². The number of benzene rings is 1. The number of nitrogens with zero attached hydrogens (tertiary/aromatic N) is 5. The molecule has 1 saturated carbocycles. The van der Waals surface area contributed by atoms with Gasteiger partial charge < -0.3 is 20.4 Å². The first-order valence-corrected chi connectivity index (χ1v) is 13.5. The molecule has 3 heterocycles. The van der Waals surface area contributed by atoms with Crippen molar-refractivity contribution in [2.24, 2.45) is 11.8 Å². The summed E-state index contributed by atoms with van der Waals surface area (Å²) in [5.74, 6) is 2.19. The molecule has 0 bridgehead atoms. The molecular formula is C23H30N8O3S. The Morgan fingerprint density at radius 3 is 2.66 bits per heavy atom. The molecule has 3 aromatic rings. The van der Waals surface area contributed by atoms with Gasteiger partial charge in [-0.3, -0.25) is 0 Å². The highest BCUT2D eigenvalue weighted by Gasteiger charge is 2.44. The minimum absolute atomic E-state index is 0.0471. The fraction of sp³-hybridized carbons (Fsp3) is 0.478. The molecule has 0 radical (unpaired) electrons. The van der Waals surface area contributed by atoms with E-state index in [2.05, 4.69) is 30.1 Å². The van der Waals surface area contributed by atoms with Crippen LogP contribution in [0, 0.1) is 11.8 Å². The van der Waals surface area contributed by atoms with Crippen LogP contribution in [-0.2, 0) is 16.6 Å². The second-order valence-electron chi connectivity index (χ2n) is 9.14. The Kier molecular flexibility index (Phi) is 6.43. The highest BCUT2D eigenvalue weighted by Crippen LogP contribution is 2.40. The van der Waals surface area contributed by atoms with Crippen LogP contribution in [0.4, 0.5) is 11.6 Å². The van der Waals surface area contributed by atoms with Gasteiger partial charge in [0, 0.05) is 31.2 Å². The van der Waals surface area contributed by atoms with Crippen LogP contribution in [0.15, 0.2) is 34.9 Å². The van der Waals surface area contributed by atoms with Gasteiger partial charge in [-0.25, -0.2) is 23.1 Å². The first-order chi connectivity index (χ1) is 16.9. The number of anilines is 2. The topological polar surface area (TPSA) is 152 Å². The van der Waals surface area contributed by atoms with Gasteiger partial charge in [0.25, 0.3) is 5.89 Å². The summed E-state index contributed by atoms with van der Waals surface area (Å²) in [6.45, 7) is 3.93. The zero-order chi connectivity index (χ0) is 24.6. The molecule has 2 fully saturated rings. The van der Waals surface area contributed by atoms with Gasteiger partial charge in [0.15, 0.2) is 11.5 Å². The van der Waals surface area contributed by atoms with Crippen LogP contribution in [0.5, 0.6) is 0 Å². The van der Waals surface area contributed by atoms with E-state index in [1.807, 2.05) is 31.3 Å². The molecule has 1 saturated heterocycles. The van der Waals surface area contributed by atoms with Gasteiger partial charge in [-0.2, -0.15) is 0 Å². The predicted molar refractivity (Wildman–Crippen MR) is 133 cm³/mol. The van der Waals surface area contributed by atoms with Gasteiger partial charge in [0.2, 0.25) is 15.9 Å². The maximum Gasteiger partial charge on any atom is 0.270 e. The molecule has 2 aromatic heterocycles. The van der Waals surface area contributed by atoms with Crippen LogP contribution >= 0.6 is 0 Å². The van der Waals surface area contributed by atoms with Crippen LogP contribution in [0.2, 0.25) is 0 Å². The van der Waals surface area contributed by atoms with Crippen molar-refractivity contribution in [3.63, 3.8) is 0 Å². The van der Waals surface area contributed by atoms with Crippen LogP contribution in [-0.4, -0.2) is 60.5 Å². The van der Waals surface area contributed by atoms with Gasteiger partial charge in [-0.15, -0.1) is 10.2 Å². The zero-order valence-electron chi connectivity index (χ0n) is 19.8. The molecule has 0 spiro atoms. The Hall–Kier alpha value is -3.09. The molecule has 1 aliphatic heterocycles. The lowest BCUT2D eigenvalue weighted by molar-refractivity contribution is 0.428. The molecule has 1 aliphatic carbocycles. The van der Waals surface area contributed by atoms with Crippen LogP contribution in [0.1, 0.15) is 25.3 Å². The summed E-state index contributed by atoms with van der Waals surface area (Å²) in [7, 11) is -1.34. The quantitative estimate of drug-likeness (QED) is 0.418. The SMILES string of the molecule is CCS(=O)(=O)NC1CCC2CN(c3cnc(N)c(-c4nnc(-c5ccc(CNC)cc5)o4)n3)C[C@@H]21. The van der Waals surface area contributed by atoms with Crippen molar-refractivity contribution in [2.75, 3.05) is 36.5 Å². The third kappa shape index (κ3) is 4.86. The number of hydrogen-bond donors (Lipinski definition) is 3. The summed E-state index contributed by atoms with van der Waals surface area (Å²) in [6.07, 6.45) is 3.48. The zero-order valence-corrected chi connectivity index (χ0v) is 20.6. The van der Waals surface area contributed by atoms with E-state index in [0.717, 1.165) is 37.1 Å². The molecule has 2 unspecified atom stereocenters. The normalized spacial score (nSPS) is 22.0. The van der Waals surface area contributed by atoms with Gasteiger partial charge in [0.1, 0.15) is 5.82 Å². The number of rotatable bonds is 8. The maximum absolute atomic E-state index is 12.1. The highest BCUT2D eigenvalue weighted by molar-refractivity contribution is 7.89. The molecule has 5 rings (SSSR count). The lowest BCUT2D eigenvalue weighted by Gasteiger charge is -2.22. The van der Waals surface area contributed by atoms with E-state index in [-0.39, 0.29) is 29.4 Å². The number of nitrogens with one attached hydrogen (secondary N) is 2. The van der Waals surface area contributed by atoms with Gasteiger partial charge in [-0.1, -0.05) is 12.1 Å². The number of nitrogens with two attached hydrogens (primary N) is 1. The largest absolute Gasteiger partial charge is 0.414 e. The van der Waals surface area contributed by atoms with Crippen molar-refractivity contribution >= 4 is 21.7 Å². The first-order valence-electron chi connectivity index (χ1n) is 11.8. The molecule has 1 aromatic carbocycles. The van der Waals surface area contributed by atoms with Gasteiger partial charge in [0.05, 0.1) is 11.9 Å². The predicted octanol–water partition coefficient (Wildman–Crippen LogP) is 1.65. The van der Waals surface area contributed by atoms with Crippen molar-refractivity contribution in [1.29, 1.82) is 0 Å². The molecule has 2 aliphatic rings. The van der Waals surface area contributed by atoms with E-state index in [9.17, 15) is 8.42 Å². The second-order valence-corrected chi connectivity index (χ2v) is 11.2. The number of sulfonamides is 1. The van der Waals surface area contributed by atoms with E-state index < -0.39 is 10.0 Å². The molecule has 186 valence electrons. The lowest BCUT2D eigenvalue weighted by atomic mass is 9.98. The number of aromatic nitrogens is 4. The monoisotopic (exact) mass is 498 g/mol. The van der Waals surface area contributed by atoms with Crippen LogP contribution < -0.4 is 20.7 Å². The van der Waals surface area contributed by atoms with Crippen molar-refractivity contribution in [1.82, 2.24) is 30.2 Å². The molecular weight excluding hydrogens is 468 g/mol. The molecule has 0 amide bonds. The Labute approximate surface area is 204 Å². The van der Waals surface area contributed by atoms with E-state index in [4.69, 9.17) is 15.1 Å². The second kappa shape index (κ2) is 9.51. The summed E-state index contributed by atoms with van der Waals surface area (Å²) in [5, 5.41) is 11.4. The summed E-state index contributed by atoms with van der Waals surface area (Å²) in [6, 6.07) is 7.82. The summed E-state index contributed by atoms with van der Waals surface area (Å²) >= 11 is 0. The molecule has 3 atom stereocenters. The first kappa shape index (κ1) is 23.6. The summed E-state index contributed by atoms with van der Waals surface area (Å²) in [4.78, 5) is 11.2. The van der Waals surface area contributed by atoms with Gasteiger partial charge in [-0.05, 0) is 56.3 Å². The van der Waals surface area contributed by atoms with Crippen molar-refractivity contribution in [2.45, 2.75) is 32.4 Å². The molecule has 4 N–H and O–H groups in total. The Balaban J connectivity index is 1.34. The fourth-order valence-electron chi connectivity index (χ4n) is 5.02. The minimum atomic E-state index is -3.24. The third-order valence-corrected chi connectivity index (χ3v) is 8.31. The van der Waals surface area contributed by atoms with E-state index in [1.54, 1.807) is 13.1 Å². The highest BCUT2D eigenvalue weighted by atomic mass is 32.2. The average molecular weight is 499 g/mol. The van der Waals surface area contributed by atoms with Crippen molar-refractivity contribution in [3.05, 3.63) is 36.0 Å². The van der Waals surface area contributed by atoms with E-state index >= 15 is 0 Å². The van der Waals surface area contributed by atoms with Crippen LogP contribution in [0.3, 0.4) is 0 Å². The Bertz CT molecular complexity index is 1290. The molecule has 35 heavy (non-hydrogen) atoms. The van der Waals surface area contributed by atoms with Crippen LogP contribution in [0.25, 0.3) is 23.0 Å². The average Bonchev–Trinajstić information content (AvgIpc) is 3.58. The van der Waals surface area contributed by atoms with E-state index in [0.29, 0.717) is 29.9 Å². The lowest BCUT2D eigenvalue weighted by Crippen LogP contribution is -2.40. The summed E-state index contributed by atoms with van der Waals surface area (Å²) < 4.78 is 33.0. The maximum atomic E-state index is 12.1. The molecule has 12 heteroatoms.